The molecule has 0 bridgehead atoms. The lowest BCUT2D eigenvalue weighted by atomic mass is 10.3. The van der Waals surface area contributed by atoms with Crippen LogP contribution in [-0.2, 0) is 0 Å². The fraction of sp³-hybridized carbons (Fsp3) is 0.917. The van der Waals surface area contributed by atoms with Crippen molar-refractivity contribution in [3.8, 4) is 0 Å². The van der Waals surface area contributed by atoms with Gasteiger partial charge in [-0.05, 0) is 19.8 Å². The lowest BCUT2D eigenvalue weighted by molar-refractivity contribution is 0.170. The van der Waals surface area contributed by atoms with Crippen LogP contribution in [0.3, 0.4) is 0 Å². The Morgan fingerprint density at radius 2 is 1.75 bits per heavy atom. The summed E-state index contributed by atoms with van der Waals surface area (Å²) in [4.78, 5) is 13.6. The minimum absolute atomic E-state index is 0.0530. The molecule has 1 unspecified atom stereocenters. The summed E-state index contributed by atoms with van der Waals surface area (Å²) in [6, 6.07) is -0.0530. The number of hydrogen-bond donors (Lipinski definition) is 2. The van der Waals surface area contributed by atoms with Gasteiger partial charge in [0.2, 0.25) is 0 Å². The average molecular weight is 230 g/mol. The second kappa shape index (κ2) is 9.46. The normalized spacial score (nSPS) is 12.2. The van der Waals surface area contributed by atoms with Gasteiger partial charge in [-0.1, -0.05) is 26.7 Å². The van der Waals surface area contributed by atoms with Gasteiger partial charge in [0.25, 0.3) is 0 Å². The van der Waals surface area contributed by atoms with Gasteiger partial charge in [0, 0.05) is 19.6 Å². The van der Waals surface area contributed by atoms with Crippen molar-refractivity contribution in [1.82, 2.24) is 10.2 Å². The van der Waals surface area contributed by atoms with Crippen LogP contribution < -0.4 is 5.32 Å². The number of carbonyl (C=O) groups excluding carboxylic acids is 1. The Kier molecular flexibility index (Phi) is 9.00. The summed E-state index contributed by atoms with van der Waals surface area (Å²) in [5, 5.41) is 11.8. The number of urea groups is 1. The number of unbranched alkanes of at least 4 members (excludes halogenated alkanes) is 2. The highest BCUT2D eigenvalue weighted by molar-refractivity contribution is 5.74. The zero-order valence-corrected chi connectivity index (χ0v) is 10.8. The van der Waals surface area contributed by atoms with Gasteiger partial charge in [-0.15, -0.1) is 0 Å². The maximum absolute atomic E-state index is 11.8. The molecule has 0 rings (SSSR count). The van der Waals surface area contributed by atoms with E-state index < -0.39 is 6.10 Å². The average Bonchev–Trinajstić information content (AvgIpc) is 2.26. The van der Waals surface area contributed by atoms with Gasteiger partial charge < -0.3 is 15.3 Å². The van der Waals surface area contributed by atoms with Crippen molar-refractivity contribution in [2.75, 3.05) is 19.6 Å². The predicted molar refractivity (Wildman–Crippen MR) is 66.5 cm³/mol. The van der Waals surface area contributed by atoms with Crippen LogP contribution in [0.4, 0.5) is 4.79 Å². The number of aliphatic hydroxyl groups is 1. The Morgan fingerprint density at radius 1 is 1.25 bits per heavy atom. The summed E-state index contributed by atoms with van der Waals surface area (Å²) in [6.07, 6.45) is 3.76. The van der Waals surface area contributed by atoms with E-state index in [2.05, 4.69) is 19.2 Å². The van der Waals surface area contributed by atoms with E-state index in [1.165, 1.54) is 0 Å². The zero-order valence-electron chi connectivity index (χ0n) is 10.8. The topological polar surface area (TPSA) is 52.6 Å². The Morgan fingerprint density at radius 3 is 2.12 bits per heavy atom. The highest BCUT2D eigenvalue weighted by atomic mass is 16.3. The number of aliphatic hydroxyl groups excluding tert-OH is 1. The number of hydrogen-bond acceptors (Lipinski definition) is 2. The molecule has 0 heterocycles. The Labute approximate surface area is 99.0 Å². The van der Waals surface area contributed by atoms with Crippen LogP contribution >= 0.6 is 0 Å². The molecule has 4 nitrogen and oxygen atoms in total. The fourth-order valence-electron chi connectivity index (χ4n) is 1.36. The lowest BCUT2D eigenvalue weighted by Gasteiger charge is -2.23. The van der Waals surface area contributed by atoms with Gasteiger partial charge in [0.15, 0.2) is 0 Å². The van der Waals surface area contributed by atoms with Crippen LogP contribution in [0.1, 0.15) is 46.5 Å². The first kappa shape index (κ1) is 15.2. The summed E-state index contributed by atoms with van der Waals surface area (Å²) >= 11 is 0. The molecule has 0 radical (unpaired) electrons. The molecule has 2 amide bonds. The van der Waals surface area contributed by atoms with Crippen LogP contribution in [-0.4, -0.2) is 41.8 Å². The Bertz CT molecular complexity index is 176. The molecule has 1 atom stereocenters. The van der Waals surface area contributed by atoms with Crippen LogP contribution in [0.2, 0.25) is 0 Å². The van der Waals surface area contributed by atoms with Crippen molar-refractivity contribution in [2.45, 2.75) is 52.6 Å². The van der Waals surface area contributed by atoms with Crippen molar-refractivity contribution in [3.05, 3.63) is 0 Å². The molecule has 0 aliphatic carbocycles. The molecule has 4 heteroatoms. The van der Waals surface area contributed by atoms with Crippen LogP contribution in [0.15, 0.2) is 0 Å². The standard InChI is InChI=1S/C12H26N2O2/c1-4-6-8-14(9-7-5-2)12(16)13-10-11(3)15/h11,15H,4-10H2,1-3H3,(H,13,16). The lowest BCUT2D eigenvalue weighted by Crippen LogP contribution is -2.43. The van der Waals surface area contributed by atoms with E-state index in [-0.39, 0.29) is 6.03 Å². The van der Waals surface area contributed by atoms with E-state index in [1.807, 2.05) is 4.90 Å². The Hall–Kier alpha value is -0.770. The van der Waals surface area contributed by atoms with E-state index >= 15 is 0 Å². The SMILES string of the molecule is CCCCN(CCCC)C(=O)NCC(C)O. The highest BCUT2D eigenvalue weighted by Crippen LogP contribution is 1.99. The van der Waals surface area contributed by atoms with E-state index in [0.29, 0.717) is 6.54 Å². The number of nitrogens with zero attached hydrogens (tertiary/aromatic N) is 1. The summed E-state index contributed by atoms with van der Waals surface area (Å²) in [7, 11) is 0. The molecule has 0 aliphatic rings. The van der Waals surface area contributed by atoms with Gasteiger partial charge in [-0.3, -0.25) is 0 Å². The van der Waals surface area contributed by atoms with Crippen molar-refractivity contribution in [2.24, 2.45) is 0 Å². The summed E-state index contributed by atoms with van der Waals surface area (Å²) < 4.78 is 0. The largest absolute Gasteiger partial charge is 0.392 e. The summed E-state index contributed by atoms with van der Waals surface area (Å²) in [5.74, 6) is 0. The van der Waals surface area contributed by atoms with Crippen molar-refractivity contribution in [3.63, 3.8) is 0 Å². The van der Waals surface area contributed by atoms with E-state index in [1.54, 1.807) is 6.92 Å². The van der Waals surface area contributed by atoms with Gasteiger partial charge >= 0.3 is 6.03 Å². The third-order valence-corrected chi connectivity index (χ3v) is 2.40. The molecule has 0 saturated heterocycles. The molecule has 0 aromatic rings. The quantitative estimate of drug-likeness (QED) is 0.670. The smallest absolute Gasteiger partial charge is 0.317 e. The van der Waals surface area contributed by atoms with Crippen LogP contribution in [0, 0.1) is 0 Å². The molecule has 96 valence electrons. The third kappa shape index (κ3) is 7.51. The first-order valence-corrected chi connectivity index (χ1v) is 6.32. The molecule has 0 fully saturated rings. The monoisotopic (exact) mass is 230 g/mol. The molecular formula is C12H26N2O2. The Balaban J connectivity index is 3.98. The first-order valence-electron chi connectivity index (χ1n) is 6.32. The van der Waals surface area contributed by atoms with E-state index in [9.17, 15) is 4.79 Å². The molecule has 2 N–H and O–H groups in total. The summed E-state index contributed by atoms with van der Waals surface area (Å²) in [5.41, 5.74) is 0. The first-order chi connectivity index (χ1) is 7.61. The molecule has 0 spiro atoms. The fourth-order valence-corrected chi connectivity index (χ4v) is 1.36. The minimum atomic E-state index is -0.483. The molecular weight excluding hydrogens is 204 g/mol. The van der Waals surface area contributed by atoms with Crippen LogP contribution in [0.25, 0.3) is 0 Å². The third-order valence-electron chi connectivity index (χ3n) is 2.40. The number of carbonyl (C=O) groups is 1. The molecule has 16 heavy (non-hydrogen) atoms. The number of nitrogens with one attached hydrogen (secondary N) is 1. The second-order valence-electron chi connectivity index (χ2n) is 4.23. The van der Waals surface area contributed by atoms with Crippen molar-refractivity contribution in [1.29, 1.82) is 0 Å². The van der Waals surface area contributed by atoms with Crippen molar-refractivity contribution < 1.29 is 9.90 Å². The van der Waals surface area contributed by atoms with E-state index in [4.69, 9.17) is 5.11 Å². The van der Waals surface area contributed by atoms with Gasteiger partial charge in [0.1, 0.15) is 0 Å². The highest BCUT2D eigenvalue weighted by Gasteiger charge is 2.12. The molecule has 0 aliphatic heterocycles. The summed E-state index contributed by atoms with van der Waals surface area (Å²) in [6.45, 7) is 7.85. The van der Waals surface area contributed by atoms with Crippen LogP contribution in [0.5, 0.6) is 0 Å². The van der Waals surface area contributed by atoms with Gasteiger partial charge in [0.05, 0.1) is 6.10 Å². The maximum Gasteiger partial charge on any atom is 0.317 e. The predicted octanol–water partition coefficient (Wildman–Crippen LogP) is 1.98. The van der Waals surface area contributed by atoms with Crippen molar-refractivity contribution >= 4 is 6.03 Å². The zero-order chi connectivity index (χ0) is 12.4. The minimum Gasteiger partial charge on any atom is -0.392 e. The van der Waals surface area contributed by atoms with Gasteiger partial charge in [-0.25, -0.2) is 4.79 Å². The van der Waals surface area contributed by atoms with E-state index in [0.717, 1.165) is 38.8 Å². The number of rotatable bonds is 8. The maximum atomic E-state index is 11.8. The molecule has 0 aromatic carbocycles. The second-order valence-corrected chi connectivity index (χ2v) is 4.23. The number of amides is 2. The molecule has 0 saturated carbocycles. The molecule has 0 aromatic heterocycles. The van der Waals surface area contributed by atoms with Gasteiger partial charge in [-0.2, -0.15) is 0 Å².